The number of nitrogens with zero attached hydrogens (tertiary/aromatic N) is 2. The van der Waals surface area contributed by atoms with Crippen molar-refractivity contribution in [3.8, 4) is 21.9 Å². The first-order chi connectivity index (χ1) is 17.9. The monoisotopic (exact) mass is 516 g/mol. The lowest BCUT2D eigenvalue weighted by molar-refractivity contribution is -0.128. The van der Waals surface area contributed by atoms with Gasteiger partial charge in [0.25, 0.3) is 0 Å². The van der Waals surface area contributed by atoms with E-state index in [1.54, 1.807) is 24.4 Å². The van der Waals surface area contributed by atoms with Gasteiger partial charge in [-0.05, 0) is 47.2 Å². The molecule has 2 aromatic heterocycles. The molecule has 0 saturated carbocycles. The molecule has 1 aliphatic heterocycles. The third-order valence-electron chi connectivity index (χ3n) is 6.41. The van der Waals surface area contributed by atoms with Crippen molar-refractivity contribution in [2.45, 2.75) is 46.1 Å². The van der Waals surface area contributed by atoms with Gasteiger partial charge in [0.05, 0.1) is 10.2 Å². The number of benzene rings is 2. The molecule has 0 atom stereocenters. The molecule has 1 amide bonds. The van der Waals surface area contributed by atoms with Crippen molar-refractivity contribution in [1.29, 1.82) is 0 Å². The van der Waals surface area contributed by atoms with Crippen LogP contribution in [0.4, 0.5) is 4.39 Å². The SMILES string of the molecule is CC(C)CC(=O)Cc1ccc(Oc2ccnc3cc(-c4ccc(CN5CCCC5=O)cc4)sc23)c(F)c1. The van der Waals surface area contributed by atoms with Gasteiger partial charge >= 0.3 is 0 Å². The van der Waals surface area contributed by atoms with Crippen molar-refractivity contribution in [2.75, 3.05) is 6.54 Å². The average molecular weight is 517 g/mol. The fourth-order valence-electron chi connectivity index (χ4n) is 4.61. The molecule has 190 valence electrons. The summed E-state index contributed by atoms with van der Waals surface area (Å²) in [6, 6.07) is 16.7. The van der Waals surface area contributed by atoms with Crippen molar-refractivity contribution in [1.82, 2.24) is 9.88 Å². The van der Waals surface area contributed by atoms with E-state index in [2.05, 4.69) is 29.2 Å². The minimum atomic E-state index is -0.497. The van der Waals surface area contributed by atoms with E-state index in [9.17, 15) is 14.0 Å². The van der Waals surface area contributed by atoms with Crippen LogP contribution >= 0.6 is 11.3 Å². The molecule has 1 fully saturated rings. The van der Waals surface area contributed by atoms with Crippen molar-refractivity contribution in [3.05, 3.63) is 77.7 Å². The van der Waals surface area contributed by atoms with Crippen LogP contribution in [-0.4, -0.2) is 28.1 Å². The largest absolute Gasteiger partial charge is 0.453 e. The van der Waals surface area contributed by atoms with Gasteiger partial charge in [-0.1, -0.05) is 44.2 Å². The van der Waals surface area contributed by atoms with Gasteiger partial charge in [0.2, 0.25) is 5.91 Å². The number of ketones is 1. The molecule has 5 nitrogen and oxygen atoms in total. The first kappa shape index (κ1) is 25.1. The summed E-state index contributed by atoms with van der Waals surface area (Å²) in [5.41, 5.74) is 3.58. The van der Waals surface area contributed by atoms with Gasteiger partial charge in [-0.15, -0.1) is 11.3 Å². The smallest absolute Gasteiger partial charge is 0.222 e. The molecule has 5 rings (SSSR count). The number of likely N-dealkylation sites (tertiary alicyclic amines) is 1. The molecule has 1 aliphatic rings. The van der Waals surface area contributed by atoms with Gasteiger partial charge in [0.15, 0.2) is 11.6 Å². The number of Topliss-reactive ketones (excluding diaryl/α,β-unsaturated/α-hetero) is 1. The highest BCUT2D eigenvalue weighted by Gasteiger charge is 2.20. The lowest BCUT2D eigenvalue weighted by Crippen LogP contribution is -2.23. The van der Waals surface area contributed by atoms with E-state index in [1.807, 2.05) is 24.8 Å². The topological polar surface area (TPSA) is 59.5 Å². The molecule has 37 heavy (non-hydrogen) atoms. The van der Waals surface area contributed by atoms with E-state index in [1.165, 1.54) is 17.4 Å². The number of rotatable bonds is 9. The highest BCUT2D eigenvalue weighted by Crippen LogP contribution is 2.39. The molecular formula is C30H29FN2O3S. The van der Waals surface area contributed by atoms with Crippen molar-refractivity contribution in [3.63, 3.8) is 0 Å². The highest BCUT2D eigenvalue weighted by molar-refractivity contribution is 7.22. The second kappa shape index (κ2) is 10.8. The Balaban J connectivity index is 1.32. The van der Waals surface area contributed by atoms with E-state index in [0.29, 0.717) is 30.7 Å². The van der Waals surface area contributed by atoms with Gasteiger partial charge < -0.3 is 9.64 Å². The number of carbonyl (C=O) groups is 2. The molecule has 1 saturated heterocycles. The van der Waals surface area contributed by atoms with Crippen LogP contribution in [0.25, 0.3) is 20.7 Å². The normalized spacial score (nSPS) is 13.6. The van der Waals surface area contributed by atoms with Crippen LogP contribution in [0.3, 0.4) is 0 Å². The van der Waals surface area contributed by atoms with E-state index in [0.717, 1.165) is 39.2 Å². The maximum Gasteiger partial charge on any atom is 0.222 e. The third kappa shape index (κ3) is 5.88. The first-order valence-corrected chi connectivity index (χ1v) is 13.4. The van der Waals surface area contributed by atoms with Crippen LogP contribution in [0.5, 0.6) is 11.5 Å². The summed E-state index contributed by atoms with van der Waals surface area (Å²) in [5, 5.41) is 0. The molecule has 4 aromatic rings. The lowest BCUT2D eigenvalue weighted by Gasteiger charge is -2.15. The summed E-state index contributed by atoms with van der Waals surface area (Å²) >= 11 is 1.54. The quantitative estimate of drug-likeness (QED) is 0.237. The molecule has 3 heterocycles. The minimum Gasteiger partial charge on any atom is -0.453 e. The maximum absolute atomic E-state index is 14.9. The van der Waals surface area contributed by atoms with E-state index >= 15 is 0 Å². The Morgan fingerprint density at radius 2 is 1.86 bits per heavy atom. The number of amides is 1. The zero-order valence-electron chi connectivity index (χ0n) is 21.0. The zero-order valence-corrected chi connectivity index (χ0v) is 21.8. The number of carbonyl (C=O) groups excluding carboxylic acids is 2. The van der Waals surface area contributed by atoms with Crippen LogP contribution < -0.4 is 4.74 Å². The Labute approximate surface area is 219 Å². The van der Waals surface area contributed by atoms with Gasteiger partial charge in [-0.3, -0.25) is 14.6 Å². The van der Waals surface area contributed by atoms with Crippen molar-refractivity contribution < 1.29 is 18.7 Å². The average Bonchev–Trinajstić information content (AvgIpc) is 3.47. The van der Waals surface area contributed by atoms with Gasteiger partial charge in [0, 0.05) is 49.5 Å². The maximum atomic E-state index is 14.9. The molecule has 0 bridgehead atoms. The fraction of sp³-hybridized carbons (Fsp3) is 0.300. The van der Waals surface area contributed by atoms with E-state index in [-0.39, 0.29) is 29.8 Å². The molecular weight excluding hydrogens is 487 g/mol. The number of thiophene rings is 1. The number of pyridine rings is 1. The second-order valence-electron chi connectivity index (χ2n) is 9.93. The highest BCUT2D eigenvalue weighted by atomic mass is 32.1. The summed E-state index contributed by atoms with van der Waals surface area (Å²) in [4.78, 5) is 31.4. The Morgan fingerprint density at radius 3 is 2.57 bits per heavy atom. The Kier molecular flexibility index (Phi) is 7.33. The predicted molar refractivity (Wildman–Crippen MR) is 144 cm³/mol. The standard InChI is InChI=1S/C30H29FN2O3S/c1-19(2)14-23(34)15-21-7-10-26(24(31)16-21)36-27-11-12-32-25-17-28(37-30(25)27)22-8-5-20(6-9-22)18-33-13-3-4-29(33)35/h5-12,16-17,19H,3-4,13-15,18H2,1-2H3. The van der Waals surface area contributed by atoms with Gasteiger partial charge in [-0.25, -0.2) is 4.39 Å². The summed E-state index contributed by atoms with van der Waals surface area (Å²) in [6.45, 7) is 5.45. The summed E-state index contributed by atoms with van der Waals surface area (Å²) in [7, 11) is 0. The van der Waals surface area contributed by atoms with Gasteiger partial charge in [0.1, 0.15) is 11.5 Å². The Hall–Kier alpha value is -3.58. The summed E-state index contributed by atoms with van der Waals surface area (Å²) in [6.07, 6.45) is 3.93. The Morgan fingerprint density at radius 1 is 1.08 bits per heavy atom. The van der Waals surface area contributed by atoms with Crippen molar-refractivity contribution in [2.24, 2.45) is 5.92 Å². The zero-order chi connectivity index (χ0) is 25.9. The number of hydrogen-bond donors (Lipinski definition) is 0. The molecule has 0 N–H and O–H groups in total. The number of fused-ring (bicyclic) bond motifs is 1. The third-order valence-corrected chi connectivity index (χ3v) is 7.60. The number of hydrogen-bond acceptors (Lipinski definition) is 5. The van der Waals surface area contributed by atoms with Crippen LogP contribution in [0.15, 0.2) is 60.8 Å². The summed E-state index contributed by atoms with van der Waals surface area (Å²) in [5.74, 6) is 0.753. The minimum absolute atomic E-state index is 0.0996. The first-order valence-electron chi connectivity index (χ1n) is 12.6. The number of aromatic nitrogens is 1. The van der Waals surface area contributed by atoms with Gasteiger partial charge in [-0.2, -0.15) is 0 Å². The van der Waals surface area contributed by atoms with Crippen LogP contribution in [0.2, 0.25) is 0 Å². The molecule has 7 heteroatoms. The summed E-state index contributed by atoms with van der Waals surface area (Å²) < 4.78 is 21.7. The molecule has 0 aliphatic carbocycles. The van der Waals surface area contributed by atoms with Crippen molar-refractivity contribution >= 4 is 33.2 Å². The van der Waals surface area contributed by atoms with E-state index in [4.69, 9.17) is 4.74 Å². The molecule has 0 spiro atoms. The predicted octanol–water partition coefficient (Wildman–Crippen LogP) is 7.17. The second-order valence-corrected chi connectivity index (χ2v) is 11.0. The lowest BCUT2D eigenvalue weighted by atomic mass is 10.0. The molecule has 0 unspecified atom stereocenters. The van der Waals surface area contributed by atoms with Crippen LogP contribution in [0, 0.1) is 11.7 Å². The number of halogens is 1. The van der Waals surface area contributed by atoms with Crippen LogP contribution in [0.1, 0.15) is 44.2 Å². The number of ether oxygens (including phenoxy) is 1. The van der Waals surface area contributed by atoms with E-state index < -0.39 is 5.82 Å². The molecule has 2 aromatic carbocycles. The Bertz CT molecular complexity index is 1450. The van der Waals surface area contributed by atoms with Crippen LogP contribution in [-0.2, 0) is 22.6 Å². The fourth-order valence-corrected chi connectivity index (χ4v) is 5.69. The molecule has 0 radical (unpaired) electrons.